The number of nitrogens with zero attached hydrogens (tertiary/aromatic N) is 1. The van der Waals surface area contributed by atoms with Gasteiger partial charge in [-0.05, 0) is 31.0 Å². The third-order valence-corrected chi connectivity index (χ3v) is 5.90. The maximum atomic E-state index is 10.3. The van der Waals surface area contributed by atoms with Crippen LogP contribution in [0.3, 0.4) is 0 Å². The van der Waals surface area contributed by atoms with Crippen LogP contribution in [0.4, 0.5) is 0 Å². The van der Waals surface area contributed by atoms with E-state index >= 15 is 0 Å². The van der Waals surface area contributed by atoms with E-state index in [9.17, 15) is 5.11 Å². The first-order chi connectivity index (χ1) is 13.8. The standard InChI is InChI=1S/C23H32N2O2S/c26-22(18-25-13-15-28-16-14-25)19-27-23-11-5-4-10-21(23)17-24-12-6-9-20-7-2-1-3-8-20/h1-5,7-8,10-11,22,24,26H,6,9,12-19H2/t22-/m1/s1. The van der Waals surface area contributed by atoms with E-state index in [0.717, 1.165) is 61.8 Å². The number of rotatable bonds is 11. The maximum Gasteiger partial charge on any atom is 0.123 e. The van der Waals surface area contributed by atoms with E-state index < -0.39 is 6.10 Å². The number of hydrogen-bond acceptors (Lipinski definition) is 5. The molecule has 0 amide bonds. The van der Waals surface area contributed by atoms with Crippen molar-refractivity contribution in [3.8, 4) is 5.75 Å². The average molecular weight is 401 g/mol. The van der Waals surface area contributed by atoms with Gasteiger partial charge in [-0.3, -0.25) is 4.90 Å². The van der Waals surface area contributed by atoms with Gasteiger partial charge in [0.05, 0.1) is 0 Å². The molecule has 0 saturated carbocycles. The molecule has 28 heavy (non-hydrogen) atoms. The summed E-state index contributed by atoms with van der Waals surface area (Å²) in [5.41, 5.74) is 2.53. The van der Waals surface area contributed by atoms with Crippen LogP contribution < -0.4 is 10.1 Å². The molecule has 0 spiro atoms. The van der Waals surface area contributed by atoms with Gasteiger partial charge >= 0.3 is 0 Å². The molecule has 152 valence electrons. The number of thioether (sulfide) groups is 1. The van der Waals surface area contributed by atoms with E-state index in [0.29, 0.717) is 13.2 Å². The lowest BCUT2D eigenvalue weighted by molar-refractivity contribution is 0.0711. The second-order valence-electron chi connectivity index (χ2n) is 7.25. The smallest absolute Gasteiger partial charge is 0.123 e. The van der Waals surface area contributed by atoms with Crippen LogP contribution in [0, 0.1) is 0 Å². The summed E-state index contributed by atoms with van der Waals surface area (Å²) in [4.78, 5) is 2.32. The van der Waals surface area contributed by atoms with Crippen molar-refractivity contribution in [2.24, 2.45) is 0 Å². The van der Waals surface area contributed by atoms with E-state index in [1.54, 1.807) is 0 Å². The first-order valence-electron chi connectivity index (χ1n) is 10.2. The highest BCUT2D eigenvalue weighted by molar-refractivity contribution is 7.99. The summed E-state index contributed by atoms with van der Waals surface area (Å²) in [6.07, 6.45) is 1.75. The number of nitrogens with one attached hydrogen (secondary N) is 1. The Hall–Kier alpha value is -1.53. The summed E-state index contributed by atoms with van der Waals surface area (Å²) < 4.78 is 5.94. The lowest BCUT2D eigenvalue weighted by Crippen LogP contribution is -2.40. The van der Waals surface area contributed by atoms with Gasteiger partial charge < -0.3 is 15.2 Å². The Morgan fingerprint density at radius 3 is 2.61 bits per heavy atom. The van der Waals surface area contributed by atoms with E-state index in [2.05, 4.69) is 46.6 Å². The molecule has 0 unspecified atom stereocenters. The molecule has 1 aliphatic rings. The van der Waals surface area contributed by atoms with Crippen molar-refractivity contribution in [3.05, 3.63) is 65.7 Å². The quantitative estimate of drug-likeness (QED) is 0.567. The Morgan fingerprint density at radius 1 is 1.04 bits per heavy atom. The minimum atomic E-state index is -0.449. The van der Waals surface area contributed by atoms with Gasteiger partial charge in [-0.25, -0.2) is 0 Å². The number of aryl methyl sites for hydroxylation is 1. The van der Waals surface area contributed by atoms with Crippen LogP contribution in [0.15, 0.2) is 54.6 Å². The number of aliphatic hydroxyl groups excluding tert-OH is 1. The predicted molar refractivity (Wildman–Crippen MR) is 118 cm³/mol. The van der Waals surface area contributed by atoms with Gasteiger partial charge in [0.25, 0.3) is 0 Å². The Kier molecular flexibility index (Phi) is 9.17. The fourth-order valence-corrected chi connectivity index (χ4v) is 4.38. The number of para-hydroxylation sites is 1. The number of ether oxygens (including phenoxy) is 1. The summed E-state index contributed by atoms with van der Waals surface area (Å²) in [7, 11) is 0. The zero-order chi connectivity index (χ0) is 19.4. The maximum absolute atomic E-state index is 10.3. The van der Waals surface area contributed by atoms with Gasteiger partial charge in [0.15, 0.2) is 0 Å². The highest BCUT2D eigenvalue weighted by Gasteiger charge is 2.15. The highest BCUT2D eigenvalue weighted by Crippen LogP contribution is 2.18. The van der Waals surface area contributed by atoms with Crippen LogP contribution in [-0.2, 0) is 13.0 Å². The third kappa shape index (κ3) is 7.47. The molecule has 0 aromatic heterocycles. The Balaban J connectivity index is 1.37. The molecule has 1 fully saturated rings. The van der Waals surface area contributed by atoms with Crippen LogP contribution in [0.5, 0.6) is 5.75 Å². The lowest BCUT2D eigenvalue weighted by atomic mass is 10.1. The largest absolute Gasteiger partial charge is 0.491 e. The normalized spacial score (nSPS) is 16.0. The number of β-amino-alcohol motifs (C(OH)–C–C–N with tert-alkyl or cyclic N) is 1. The predicted octanol–water partition coefficient (Wildman–Crippen LogP) is 3.20. The molecule has 2 aromatic carbocycles. The van der Waals surface area contributed by atoms with E-state index in [4.69, 9.17) is 4.74 Å². The monoisotopic (exact) mass is 400 g/mol. The number of aliphatic hydroxyl groups is 1. The van der Waals surface area contributed by atoms with Gasteiger partial charge in [-0.2, -0.15) is 11.8 Å². The lowest BCUT2D eigenvalue weighted by Gasteiger charge is -2.28. The van der Waals surface area contributed by atoms with Crippen LogP contribution in [0.25, 0.3) is 0 Å². The molecule has 2 aromatic rings. The third-order valence-electron chi connectivity index (χ3n) is 4.95. The van der Waals surface area contributed by atoms with Crippen LogP contribution in [-0.4, -0.2) is 60.4 Å². The van der Waals surface area contributed by atoms with Gasteiger partial charge in [-0.15, -0.1) is 0 Å². The first kappa shape index (κ1) is 21.2. The van der Waals surface area contributed by atoms with Crippen molar-refractivity contribution in [2.75, 3.05) is 44.3 Å². The van der Waals surface area contributed by atoms with Gasteiger partial charge in [0, 0.05) is 43.2 Å². The van der Waals surface area contributed by atoms with Crippen LogP contribution in [0.2, 0.25) is 0 Å². The SMILES string of the molecule is O[C@@H](COc1ccccc1CNCCCc1ccccc1)CN1CCSCC1. The fraction of sp³-hybridized carbons (Fsp3) is 0.478. The van der Waals surface area contributed by atoms with Gasteiger partial charge in [0.1, 0.15) is 18.5 Å². The first-order valence-corrected chi connectivity index (χ1v) is 11.4. The summed E-state index contributed by atoms with van der Waals surface area (Å²) in [5.74, 6) is 3.19. The Labute approximate surface area is 173 Å². The minimum Gasteiger partial charge on any atom is -0.491 e. The van der Waals surface area contributed by atoms with Crippen molar-refractivity contribution >= 4 is 11.8 Å². The second kappa shape index (κ2) is 12.1. The highest BCUT2D eigenvalue weighted by atomic mass is 32.2. The van der Waals surface area contributed by atoms with Crippen molar-refractivity contribution in [2.45, 2.75) is 25.5 Å². The van der Waals surface area contributed by atoms with E-state index in [1.165, 1.54) is 5.56 Å². The van der Waals surface area contributed by atoms with Crippen LogP contribution in [0.1, 0.15) is 17.5 Å². The molecule has 5 heteroatoms. The van der Waals surface area contributed by atoms with Crippen molar-refractivity contribution in [3.63, 3.8) is 0 Å². The van der Waals surface area contributed by atoms with Gasteiger partial charge in [0.2, 0.25) is 0 Å². The molecule has 0 bridgehead atoms. The van der Waals surface area contributed by atoms with Crippen molar-refractivity contribution in [1.29, 1.82) is 0 Å². The molecule has 0 aliphatic carbocycles. The molecule has 1 saturated heterocycles. The molecule has 1 atom stereocenters. The molecule has 4 nitrogen and oxygen atoms in total. The molecule has 3 rings (SSSR count). The zero-order valence-electron chi connectivity index (χ0n) is 16.6. The van der Waals surface area contributed by atoms with Crippen LogP contribution >= 0.6 is 11.8 Å². The molecular formula is C23H32N2O2S. The Bertz CT molecular complexity index is 677. The average Bonchev–Trinajstić information content (AvgIpc) is 2.74. The molecular weight excluding hydrogens is 368 g/mol. The van der Waals surface area contributed by atoms with E-state index in [-0.39, 0.29) is 0 Å². The summed E-state index contributed by atoms with van der Waals surface area (Å²) in [6, 6.07) is 18.7. The zero-order valence-corrected chi connectivity index (χ0v) is 17.4. The van der Waals surface area contributed by atoms with Crippen molar-refractivity contribution in [1.82, 2.24) is 10.2 Å². The fourth-order valence-electron chi connectivity index (χ4n) is 3.40. The van der Waals surface area contributed by atoms with Gasteiger partial charge in [-0.1, -0.05) is 48.5 Å². The number of benzene rings is 2. The van der Waals surface area contributed by atoms with Crippen molar-refractivity contribution < 1.29 is 9.84 Å². The summed E-state index contributed by atoms with van der Waals surface area (Å²) in [5, 5.41) is 13.8. The minimum absolute atomic E-state index is 0.342. The second-order valence-corrected chi connectivity index (χ2v) is 8.48. The molecule has 1 aliphatic heterocycles. The number of hydrogen-bond donors (Lipinski definition) is 2. The topological polar surface area (TPSA) is 44.7 Å². The molecule has 0 radical (unpaired) electrons. The molecule has 2 N–H and O–H groups in total. The summed E-state index contributed by atoms with van der Waals surface area (Å²) >= 11 is 1.99. The summed E-state index contributed by atoms with van der Waals surface area (Å²) in [6.45, 7) is 4.91. The molecule has 1 heterocycles. The van der Waals surface area contributed by atoms with E-state index in [1.807, 2.05) is 30.0 Å². The Morgan fingerprint density at radius 2 is 1.79 bits per heavy atom.